The lowest BCUT2D eigenvalue weighted by molar-refractivity contribution is 1.26. The lowest BCUT2D eigenvalue weighted by atomic mass is 10.1. The Morgan fingerprint density at radius 3 is 2.90 bits per heavy atom. The monoisotopic (exact) mass is 261 g/mol. The molecule has 20 heavy (non-hydrogen) atoms. The highest BCUT2D eigenvalue weighted by Gasteiger charge is 2.05. The van der Waals surface area contributed by atoms with Crippen LogP contribution in [-0.4, -0.2) is 9.97 Å². The van der Waals surface area contributed by atoms with Crippen LogP contribution in [0, 0.1) is 11.3 Å². The van der Waals surface area contributed by atoms with Gasteiger partial charge in [-0.25, -0.2) is 4.98 Å². The number of nitriles is 1. The number of fused-ring (bicyclic) bond motifs is 1. The van der Waals surface area contributed by atoms with Crippen molar-refractivity contribution in [3.8, 4) is 6.07 Å². The van der Waals surface area contributed by atoms with Crippen molar-refractivity contribution in [3.63, 3.8) is 0 Å². The first-order chi connectivity index (χ1) is 9.78. The van der Waals surface area contributed by atoms with Crippen molar-refractivity contribution in [1.29, 1.82) is 5.26 Å². The molecule has 0 aliphatic rings. The zero-order chi connectivity index (χ0) is 13.9. The number of nitrogen functional groups attached to an aromatic ring is 1. The Bertz CT molecular complexity index is 815. The molecule has 5 heteroatoms. The third-order valence-electron chi connectivity index (χ3n) is 2.98. The first kappa shape index (κ1) is 11.9. The van der Waals surface area contributed by atoms with E-state index in [4.69, 9.17) is 11.0 Å². The smallest absolute Gasteiger partial charge is 0.165 e. The number of nitrogens with one attached hydrogen (secondary N) is 1. The van der Waals surface area contributed by atoms with E-state index >= 15 is 0 Å². The highest BCUT2D eigenvalue weighted by Crippen LogP contribution is 2.25. The van der Waals surface area contributed by atoms with Crippen LogP contribution in [0.5, 0.6) is 0 Å². The summed E-state index contributed by atoms with van der Waals surface area (Å²) in [4.78, 5) is 8.28. The van der Waals surface area contributed by atoms with Crippen molar-refractivity contribution >= 4 is 28.0 Å². The Morgan fingerprint density at radius 1 is 1.15 bits per heavy atom. The Balaban J connectivity index is 2.04. The molecule has 0 bridgehead atoms. The van der Waals surface area contributed by atoms with E-state index in [0.717, 1.165) is 16.5 Å². The van der Waals surface area contributed by atoms with Gasteiger partial charge in [-0.3, -0.25) is 4.98 Å². The van der Waals surface area contributed by atoms with Gasteiger partial charge in [0.1, 0.15) is 11.9 Å². The first-order valence-electron chi connectivity index (χ1n) is 6.04. The van der Waals surface area contributed by atoms with Crippen molar-refractivity contribution < 1.29 is 0 Å². The largest absolute Gasteiger partial charge is 0.396 e. The van der Waals surface area contributed by atoms with Gasteiger partial charge < -0.3 is 11.1 Å². The summed E-state index contributed by atoms with van der Waals surface area (Å²) in [6, 6.07) is 13.2. The zero-order valence-corrected chi connectivity index (χ0v) is 10.5. The van der Waals surface area contributed by atoms with Crippen LogP contribution in [0.4, 0.5) is 17.2 Å². The van der Waals surface area contributed by atoms with Gasteiger partial charge in [-0.15, -0.1) is 0 Å². The lowest BCUT2D eigenvalue weighted by Gasteiger charge is -2.09. The average Bonchev–Trinajstić information content (AvgIpc) is 2.49. The summed E-state index contributed by atoms with van der Waals surface area (Å²) in [6.07, 6.45) is 3.54. The normalized spacial score (nSPS) is 10.2. The minimum Gasteiger partial charge on any atom is -0.396 e. The van der Waals surface area contributed by atoms with Gasteiger partial charge in [0.05, 0.1) is 5.69 Å². The molecule has 0 saturated carbocycles. The summed E-state index contributed by atoms with van der Waals surface area (Å²) < 4.78 is 0. The molecule has 0 atom stereocenters. The van der Waals surface area contributed by atoms with Gasteiger partial charge in [-0.2, -0.15) is 5.26 Å². The van der Waals surface area contributed by atoms with Crippen LogP contribution in [0.2, 0.25) is 0 Å². The summed E-state index contributed by atoms with van der Waals surface area (Å²) >= 11 is 0. The first-order valence-corrected chi connectivity index (χ1v) is 6.04. The molecular formula is C15H11N5. The van der Waals surface area contributed by atoms with Crippen LogP contribution >= 0.6 is 0 Å². The number of nitrogens with zero attached hydrogens (tertiary/aromatic N) is 3. The molecular weight excluding hydrogens is 250 g/mol. The molecule has 3 aromatic rings. The van der Waals surface area contributed by atoms with Gasteiger partial charge in [0.15, 0.2) is 5.69 Å². The third-order valence-corrected chi connectivity index (χ3v) is 2.98. The number of pyridine rings is 2. The zero-order valence-electron chi connectivity index (χ0n) is 10.5. The Morgan fingerprint density at radius 2 is 2.05 bits per heavy atom. The Hall–Kier alpha value is -3.13. The summed E-state index contributed by atoms with van der Waals surface area (Å²) in [5.41, 5.74) is 7.17. The van der Waals surface area contributed by atoms with Crippen LogP contribution in [0.3, 0.4) is 0 Å². The molecule has 0 saturated heterocycles. The molecule has 0 radical (unpaired) electrons. The maximum Gasteiger partial charge on any atom is 0.165 e. The maximum absolute atomic E-state index is 8.95. The van der Waals surface area contributed by atoms with Crippen LogP contribution in [0.15, 0.2) is 48.8 Å². The molecule has 3 N–H and O–H groups in total. The summed E-state index contributed by atoms with van der Waals surface area (Å²) in [5.74, 6) is 0.583. The highest BCUT2D eigenvalue weighted by atomic mass is 15.0. The molecule has 3 rings (SSSR count). The van der Waals surface area contributed by atoms with Crippen molar-refractivity contribution in [3.05, 3.63) is 54.5 Å². The molecule has 2 heterocycles. The molecule has 0 unspecified atom stereocenters. The quantitative estimate of drug-likeness (QED) is 0.740. The minimum absolute atomic E-state index is 0.219. The predicted octanol–water partition coefficient (Wildman–Crippen LogP) is 2.83. The van der Waals surface area contributed by atoms with E-state index in [1.807, 2.05) is 30.3 Å². The fraction of sp³-hybridized carbons (Fsp3) is 0. The second-order valence-corrected chi connectivity index (χ2v) is 4.27. The number of hydrogen-bond donors (Lipinski definition) is 2. The van der Waals surface area contributed by atoms with Crippen LogP contribution in [0.1, 0.15) is 5.69 Å². The van der Waals surface area contributed by atoms with Crippen LogP contribution < -0.4 is 11.1 Å². The second kappa shape index (κ2) is 4.86. The molecule has 0 spiro atoms. The Kier molecular flexibility index (Phi) is 2.90. The topological polar surface area (TPSA) is 87.6 Å². The number of nitrogens with two attached hydrogens (primary N) is 1. The highest BCUT2D eigenvalue weighted by molar-refractivity contribution is 5.94. The average molecular weight is 261 g/mol. The molecule has 0 fully saturated rings. The van der Waals surface area contributed by atoms with Gasteiger partial charge in [0.25, 0.3) is 0 Å². The lowest BCUT2D eigenvalue weighted by Crippen LogP contribution is -1.99. The van der Waals surface area contributed by atoms with E-state index in [2.05, 4.69) is 15.3 Å². The molecule has 0 amide bonds. The van der Waals surface area contributed by atoms with Gasteiger partial charge in [0, 0.05) is 28.9 Å². The van der Waals surface area contributed by atoms with Crippen LogP contribution in [-0.2, 0) is 0 Å². The number of rotatable bonds is 2. The van der Waals surface area contributed by atoms with Crippen molar-refractivity contribution in [1.82, 2.24) is 9.97 Å². The Labute approximate surface area is 115 Å². The predicted molar refractivity (Wildman–Crippen MR) is 78.4 cm³/mol. The number of hydrogen-bond acceptors (Lipinski definition) is 5. The van der Waals surface area contributed by atoms with Crippen molar-refractivity contribution in [2.24, 2.45) is 0 Å². The SMILES string of the molecule is N#Cc1nc(Nc2cccc3cnccc23)ccc1N. The van der Waals surface area contributed by atoms with Gasteiger partial charge in [-0.1, -0.05) is 12.1 Å². The van der Waals surface area contributed by atoms with E-state index in [1.165, 1.54) is 0 Å². The molecule has 0 aliphatic heterocycles. The van der Waals surface area contributed by atoms with Gasteiger partial charge in [-0.05, 0) is 24.3 Å². The van der Waals surface area contributed by atoms with Gasteiger partial charge in [0.2, 0.25) is 0 Å². The molecule has 2 aromatic heterocycles. The molecule has 96 valence electrons. The van der Waals surface area contributed by atoms with E-state index in [0.29, 0.717) is 11.5 Å². The summed E-state index contributed by atoms with van der Waals surface area (Å²) in [7, 11) is 0. The van der Waals surface area contributed by atoms with E-state index in [-0.39, 0.29) is 5.69 Å². The second-order valence-electron chi connectivity index (χ2n) is 4.27. The van der Waals surface area contributed by atoms with Crippen molar-refractivity contribution in [2.75, 3.05) is 11.1 Å². The fourth-order valence-corrected chi connectivity index (χ4v) is 2.00. The summed E-state index contributed by atoms with van der Waals surface area (Å²) in [6.45, 7) is 0. The van der Waals surface area contributed by atoms with Crippen LogP contribution in [0.25, 0.3) is 10.8 Å². The number of benzene rings is 1. The molecule has 1 aromatic carbocycles. The molecule has 5 nitrogen and oxygen atoms in total. The minimum atomic E-state index is 0.219. The maximum atomic E-state index is 8.95. The van der Waals surface area contributed by atoms with Gasteiger partial charge >= 0.3 is 0 Å². The van der Waals surface area contributed by atoms with Crippen molar-refractivity contribution in [2.45, 2.75) is 0 Å². The standard InChI is InChI=1S/C15H11N5/c16-8-14-12(17)4-5-15(20-14)19-13-3-1-2-10-9-18-7-6-11(10)13/h1-7,9H,17H2,(H,19,20). The fourth-order valence-electron chi connectivity index (χ4n) is 2.00. The number of anilines is 3. The van der Waals surface area contributed by atoms with E-state index in [1.54, 1.807) is 24.5 Å². The third kappa shape index (κ3) is 2.10. The molecule has 0 aliphatic carbocycles. The summed E-state index contributed by atoms with van der Waals surface area (Å²) in [5, 5.41) is 14.2. The van der Waals surface area contributed by atoms with E-state index in [9.17, 15) is 0 Å². The van der Waals surface area contributed by atoms with E-state index < -0.39 is 0 Å². The number of aromatic nitrogens is 2.